The Balaban J connectivity index is 0.000000595. The second-order valence-corrected chi connectivity index (χ2v) is 5.97. The van der Waals surface area contributed by atoms with Crippen LogP contribution in [0.2, 0.25) is 0 Å². The van der Waals surface area contributed by atoms with Gasteiger partial charge in [-0.25, -0.2) is 0 Å². The molecule has 0 radical (unpaired) electrons. The van der Waals surface area contributed by atoms with E-state index in [1.165, 1.54) is 39.8 Å². The van der Waals surface area contributed by atoms with Crippen molar-refractivity contribution >= 4 is 0 Å². The summed E-state index contributed by atoms with van der Waals surface area (Å²) in [6.45, 7) is 8.55. The molecule has 0 unspecified atom stereocenters. The van der Waals surface area contributed by atoms with Crippen molar-refractivity contribution < 1.29 is 0 Å². The summed E-state index contributed by atoms with van der Waals surface area (Å²) >= 11 is 0. The van der Waals surface area contributed by atoms with Crippen LogP contribution in [0, 0.1) is 13.8 Å². The first-order valence-electron chi connectivity index (χ1n) is 8.38. The molecule has 0 heteroatoms. The van der Waals surface area contributed by atoms with Gasteiger partial charge < -0.3 is 0 Å². The van der Waals surface area contributed by atoms with E-state index in [1.54, 1.807) is 0 Å². The fraction of sp³-hybridized carbons (Fsp3) is 0.217. The maximum absolute atomic E-state index is 2.27. The standard InChI is InChI=1S/C20H18.C3H8/c1-15-8-10-18(11-9-15)20-13-12-19(14-16(20)2)17-6-4-3-5-7-17;1-3-2/h3-14H,1-2H3;3H2,1-2H3. The highest BCUT2D eigenvalue weighted by Gasteiger charge is 2.04. The molecule has 0 saturated heterocycles. The third kappa shape index (κ3) is 4.56. The molecule has 0 bridgehead atoms. The Bertz CT molecular complexity index is 722. The topological polar surface area (TPSA) is 0 Å². The average molecular weight is 302 g/mol. The fourth-order valence-electron chi connectivity index (χ4n) is 2.53. The summed E-state index contributed by atoms with van der Waals surface area (Å²) in [5, 5.41) is 0. The minimum absolute atomic E-state index is 1.25. The Morgan fingerprint density at radius 1 is 0.609 bits per heavy atom. The van der Waals surface area contributed by atoms with Gasteiger partial charge in [-0.1, -0.05) is 98.6 Å². The van der Waals surface area contributed by atoms with Crippen LogP contribution in [0.15, 0.2) is 72.8 Å². The van der Waals surface area contributed by atoms with Crippen LogP contribution in [0.1, 0.15) is 31.4 Å². The molecule has 0 nitrogen and oxygen atoms in total. The lowest BCUT2D eigenvalue weighted by atomic mass is 9.95. The van der Waals surface area contributed by atoms with Gasteiger partial charge in [0.05, 0.1) is 0 Å². The van der Waals surface area contributed by atoms with Crippen molar-refractivity contribution in [3.63, 3.8) is 0 Å². The number of aryl methyl sites for hydroxylation is 2. The molecule has 118 valence electrons. The van der Waals surface area contributed by atoms with Crippen molar-refractivity contribution in [1.29, 1.82) is 0 Å². The minimum atomic E-state index is 1.25. The van der Waals surface area contributed by atoms with Crippen molar-refractivity contribution in [1.82, 2.24) is 0 Å². The highest BCUT2D eigenvalue weighted by Crippen LogP contribution is 2.28. The molecule has 0 fully saturated rings. The predicted molar refractivity (Wildman–Crippen MR) is 103 cm³/mol. The molecule has 0 aliphatic rings. The molecule has 3 rings (SSSR count). The Morgan fingerprint density at radius 3 is 1.74 bits per heavy atom. The van der Waals surface area contributed by atoms with Gasteiger partial charge in [0.15, 0.2) is 0 Å². The number of hydrogen-bond donors (Lipinski definition) is 0. The Morgan fingerprint density at radius 2 is 1.17 bits per heavy atom. The van der Waals surface area contributed by atoms with E-state index in [-0.39, 0.29) is 0 Å². The Labute approximate surface area is 140 Å². The van der Waals surface area contributed by atoms with Crippen molar-refractivity contribution in [2.24, 2.45) is 0 Å². The zero-order chi connectivity index (χ0) is 16.7. The van der Waals surface area contributed by atoms with E-state index in [0.29, 0.717) is 0 Å². The van der Waals surface area contributed by atoms with Crippen LogP contribution in [0.25, 0.3) is 22.3 Å². The SMILES string of the molecule is CCC.Cc1ccc(-c2ccc(-c3ccccc3)cc2C)cc1. The molecule has 0 N–H and O–H groups in total. The molecule has 0 aromatic heterocycles. The van der Waals surface area contributed by atoms with Crippen LogP contribution in [0.3, 0.4) is 0 Å². The number of hydrogen-bond acceptors (Lipinski definition) is 0. The first-order valence-corrected chi connectivity index (χ1v) is 8.38. The van der Waals surface area contributed by atoms with Crippen molar-refractivity contribution in [2.45, 2.75) is 34.1 Å². The number of benzene rings is 3. The third-order valence-electron chi connectivity index (χ3n) is 3.70. The van der Waals surface area contributed by atoms with Crippen LogP contribution in [-0.4, -0.2) is 0 Å². The van der Waals surface area contributed by atoms with Gasteiger partial charge in [-0.2, -0.15) is 0 Å². The molecular weight excluding hydrogens is 276 g/mol. The Kier molecular flexibility index (Phi) is 6.17. The molecule has 0 amide bonds. The summed E-state index contributed by atoms with van der Waals surface area (Å²) in [6, 6.07) is 25.9. The first-order chi connectivity index (χ1) is 11.2. The van der Waals surface area contributed by atoms with Crippen LogP contribution in [-0.2, 0) is 0 Å². The van der Waals surface area contributed by atoms with Crippen LogP contribution in [0.5, 0.6) is 0 Å². The quantitative estimate of drug-likeness (QED) is 0.475. The van der Waals surface area contributed by atoms with Gasteiger partial charge in [-0.3, -0.25) is 0 Å². The molecule has 0 heterocycles. The molecule has 0 aliphatic heterocycles. The highest BCUT2D eigenvalue weighted by molar-refractivity contribution is 5.73. The summed E-state index contributed by atoms with van der Waals surface area (Å²) < 4.78 is 0. The van der Waals surface area contributed by atoms with E-state index in [2.05, 4.69) is 100 Å². The van der Waals surface area contributed by atoms with Gasteiger partial charge in [0.1, 0.15) is 0 Å². The van der Waals surface area contributed by atoms with E-state index in [9.17, 15) is 0 Å². The molecule has 0 atom stereocenters. The normalized spacial score (nSPS) is 9.91. The van der Waals surface area contributed by atoms with E-state index < -0.39 is 0 Å². The van der Waals surface area contributed by atoms with Crippen molar-refractivity contribution in [3.8, 4) is 22.3 Å². The molecule has 3 aromatic carbocycles. The largest absolute Gasteiger partial charge is 0.0656 e. The zero-order valence-corrected chi connectivity index (χ0v) is 14.6. The van der Waals surface area contributed by atoms with Crippen LogP contribution < -0.4 is 0 Å². The van der Waals surface area contributed by atoms with Gasteiger partial charge in [0.2, 0.25) is 0 Å². The van der Waals surface area contributed by atoms with E-state index >= 15 is 0 Å². The maximum Gasteiger partial charge on any atom is -0.0154 e. The average Bonchev–Trinajstić information content (AvgIpc) is 2.57. The first kappa shape index (κ1) is 17.0. The molecule has 3 aromatic rings. The molecular formula is C23H26. The summed E-state index contributed by atoms with van der Waals surface area (Å²) in [5.41, 5.74) is 7.75. The molecule has 0 aliphatic carbocycles. The third-order valence-corrected chi connectivity index (χ3v) is 3.70. The minimum Gasteiger partial charge on any atom is -0.0656 e. The van der Waals surface area contributed by atoms with Gasteiger partial charge in [-0.05, 0) is 41.7 Å². The summed E-state index contributed by atoms with van der Waals surface area (Å²) in [4.78, 5) is 0. The summed E-state index contributed by atoms with van der Waals surface area (Å²) in [7, 11) is 0. The lowest BCUT2D eigenvalue weighted by Crippen LogP contribution is -1.86. The van der Waals surface area contributed by atoms with Crippen LogP contribution >= 0.6 is 0 Å². The van der Waals surface area contributed by atoms with E-state index in [1.807, 2.05) is 0 Å². The lowest BCUT2D eigenvalue weighted by molar-refractivity contribution is 1.09. The predicted octanol–water partition coefficient (Wildman–Crippen LogP) is 7.05. The second-order valence-electron chi connectivity index (χ2n) is 5.97. The highest BCUT2D eigenvalue weighted by atomic mass is 14.1. The fourth-order valence-corrected chi connectivity index (χ4v) is 2.53. The maximum atomic E-state index is 2.27. The van der Waals surface area contributed by atoms with Crippen LogP contribution in [0.4, 0.5) is 0 Å². The smallest absolute Gasteiger partial charge is 0.0154 e. The van der Waals surface area contributed by atoms with Gasteiger partial charge in [-0.15, -0.1) is 0 Å². The monoisotopic (exact) mass is 302 g/mol. The van der Waals surface area contributed by atoms with Crippen molar-refractivity contribution in [2.75, 3.05) is 0 Å². The molecule has 23 heavy (non-hydrogen) atoms. The summed E-state index contributed by atoms with van der Waals surface area (Å²) in [5.74, 6) is 0. The number of rotatable bonds is 2. The van der Waals surface area contributed by atoms with E-state index in [0.717, 1.165) is 0 Å². The van der Waals surface area contributed by atoms with E-state index in [4.69, 9.17) is 0 Å². The second kappa shape index (κ2) is 8.33. The zero-order valence-electron chi connectivity index (χ0n) is 14.6. The molecule has 0 saturated carbocycles. The Hall–Kier alpha value is -2.34. The summed E-state index contributed by atoms with van der Waals surface area (Å²) in [6.07, 6.45) is 1.25. The molecule has 0 spiro atoms. The van der Waals surface area contributed by atoms with Gasteiger partial charge in [0.25, 0.3) is 0 Å². The van der Waals surface area contributed by atoms with Crippen molar-refractivity contribution in [3.05, 3.63) is 83.9 Å². The van der Waals surface area contributed by atoms with Gasteiger partial charge in [0, 0.05) is 0 Å². The lowest BCUT2D eigenvalue weighted by Gasteiger charge is -2.09. The van der Waals surface area contributed by atoms with Gasteiger partial charge >= 0.3 is 0 Å².